The minimum atomic E-state index is -1.05. The highest BCUT2D eigenvalue weighted by molar-refractivity contribution is 6.15. The van der Waals surface area contributed by atoms with E-state index >= 15 is 0 Å². The Morgan fingerprint density at radius 1 is 0.139 bits per heavy atom. The summed E-state index contributed by atoms with van der Waals surface area (Å²) in [6, 6.07) is 85.4. The molecule has 13 rings (SSSR count). The van der Waals surface area contributed by atoms with E-state index in [1.807, 2.05) is 146 Å². The van der Waals surface area contributed by atoms with Gasteiger partial charge in [-0.2, -0.15) is 0 Å². The van der Waals surface area contributed by atoms with Gasteiger partial charge in [0.1, 0.15) is 0 Å². The van der Waals surface area contributed by atoms with E-state index in [0.717, 1.165) is 66.8 Å². The molecule has 0 spiro atoms. The zero-order chi connectivity index (χ0) is 75.2. The average Bonchev–Trinajstić information content (AvgIpc) is 0.714. The summed E-state index contributed by atoms with van der Waals surface area (Å²) in [6.45, 7) is 0. The fourth-order valence-corrected chi connectivity index (χ4v) is 11.8. The average molecular weight is 1400 g/mol. The van der Waals surface area contributed by atoms with Crippen LogP contribution in [0.5, 0.6) is 0 Å². The highest BCUT2D eigenvalue weighted by atomic mass is 16.4. The van der Waals surface area contributed by atoms with E-state index in [-0.39, 0.29) is 33.4 Å². The Labute approximate surface area is 620 Å². The van der Waals surface area contributed by atoms with Crippen molar-refractivity contribution in [2.75, 3.05) is 0 Å². The lowest BCUT2D eigenvalue weighted by molar-refractivity contribution is 0.0686. The van der Waals surface area contributed by atoms with Gasteiger partial charge in [-0.25, -0.2) is 28.8 Å². The molecule has 0 saturated heterocycles. The van der Waals surface area contributed by atoms with Crippen LogP contribution in [0.1, 0.15) is 129 Å². The molecular weight excluding hydrogens is 1350 g/mol. The zero-order valence-electron chi connectivity index (χ0n) is 56.8. The molecule has 510 valence electrons. The molecule has 0 bridgehead atoms. The first-order valence-electron chi connectivity index (χ1n) is 33.4. The molecule has 6 N–H and O–H groups in total. The predicted octanol–water partition coefficient (Wildman–Crippen LogP) is 18.3. The quantitative estimate of drug-likeness (QED) is 0.0629. The van der Waals surface area contributed by atoms with Gasteiger partial charge in [0.15, 0.2) is 0 Å². The lowest BCUT2D eigenvalue weighted by Crippen LogP contribution is -2.02. The lowest BCUT2D eigenvalue weighted by Gasteiger charge is -2.29. The first-order valence-corrected chi connectivity index (χ1v) is 33.4. The van der Waals surface area contributed by atoms with E-state index in [0.29, 0.717) is 66.8 Å². The smallest absolute Gasteiger partial charge is 0.335 e. The molecule has 0 fully saturated rings. The first kappa shape index (κ1) is 70.5. The second kappa shape index (κ2) is 31.9. The number of carboxylic acid groups (broad SMARTS) is 6. The molecule has 0 atom stereocenters. The molecular formula is C96H54O12. The first-order chi connectivity index (χ1) is 52.4. The number of rotatable bonds is 12. The highest BCUT2D eigenvalue weighted by Gasteiger charge is 2.30. The van der Waals surface area contributed by atoms with Gasteiger partial charge in [-0.05, 0) is 285 Å². The second-order valence-electron chi connectivity index (χ2n) is 24.5. The topological polar surface area (TPSA) is 224 Å². The Morgan fingerprint density at radius 2 is 0.222 bits per heavy atom. The number of hydrogen-bond acceptors (Lipinski definition) is 6. The molecule has 13 aromatic carbocycles. The highest BCUT2D eigenvalue weighted by Crippen LogP contribution is 2.56. The maximum absolute atomic E-state index is 11.8. The maximum Gasteiger partial charge on any atom is 0.335 e. The number of hydrogen-bond donors (Lipinski definition) is 6. The van der Waals surface area contributed by atoms with Crippen LogP contribution in [0.4, 0.5) is 0 Å². The Morgan fingerprint density at radius 3 is 0.306 bits per heavy atom. The van der Waals surface area contributed by atoms with Crippen LogP contribution < -0.4 is 0 Å². The van der Waals surface area contributed by atoms with E-state index in [1.54, 1.807) is 72.8 Å². The van der Waals surface area contributed by atoms with E-state index in [4.69, 9.17) is 0 Å². The summed E-state index contributed by atoms with van der Waals surface area (Å²) in [6.07, 6.45) is 0. The summed E-state index contributed by atoms with van der Waals surface area (Å²) < 4.78 is 0. The van der Waals surface area contributed by atoms with Gasteiger partial charge in [0, 0.05) is 66.8 Å². The van der Waals surface area contributed by atoms with Crippen LogP contribution in [-0.2, 0) is 0 Å². The molecule has 0 saturated carbocycles. The van der Waals surface area contributed by atoms with Crippen molar-refractivity contribution in [3.63, 3.8) is 0 Å². The van der Waals surface area contributed by atoms with Gasteiger partial charge in [0.05, 0.1) is 33.4 Å². The molecule has 0 unspecified atom stereocenters. The second-order valence-corrected chi connectivity index (χ2v) is 24.5. The van der Waals surface area contributed by atoms with Crippen molar-refractivity contribution in [2.45, 2.75) is 0 Å². The Bertz CT molecular complexity index is 5120. The normalized spacial score (nSPS) is 10.2. The van der Waals surface area contributed by atoms with Crippen molar-refractivity contribution < 1.29 is 59.4 Å². The van der Waals surface area contributed by atoms with Crippen molar-refractivity contribution in [2.24, 2.45) is 0 Å². The van der Waals surface area contributed by atoms with Crippen molar-refractivity contribution >= 4 is 35.8 Å². The standard InChI is InChI=1S/C96H54O12/c97-91(98)79-49-25-67(26-50-79)7-1-61-13-37-73(38-14-61)85-86(74-39-15-62(16-40-74)2-8-68-27-51-80(52-28-68)92(99)100)88(76-43-19-64(20-44-76)4-10-70-31-55-82(56-32-70)94(103)104)90(78-47-23-66(24-48-78)6-12-72-35-59-84(60-36-72)96(107)108)89(77-45-21-65(22-46-77)5-11-71-33-57-83(58-34-71)95(105)106)87(85)75-41-17-63(18-42-75)3-9-69-29-53-81(54-30-69)93(101)102/h13-60H,(H,97,98)(H,99,100)(H,101,102)(H,103,104)(H,105,106)(H,107,108). The zero-order valence-corrected chi connectivity index (χ0v) is 56.8. The van der Waals surface area contributed by atoms with Gasteiger partial charge in [0.2, 0.25) is 0 Å². The molecule has 0 aromatic heterocycles. The largest absolute Gasteiger partial charge is 0.478 e. The van der Waals surface area contributed by atoms with E-state index in [1.165, 1.54) is 72.8 Å². The van der Waals surface area contributed by atoms with Gasteiger partial charge < -0.3 is 30.6 Å². The van der Waals surface area contributed by atoms with Crippen molar-refractivity contribution in [3.05, 3.63) is 391 Å². The van der Waals surface area contributed by atoms with Crippen molar-refractivity contribution in [3.8, 4) is 138 Å². The summed E-state index contributed by atoms with van der Waals surface area (Å²) >= 11 is 0. The minimum absolute atomic E-state index is 0.129. The molecule has 0 radical (unpaired) electrons. The maximum atomic E-state index is 11.8. The molecule has 13 aromatic rings. The Balaban J connectivity index is 1.11. The third-order valence-corrected chi connectivity index (χ3v) is 17.4. The van der Waals surface area contributed by atoms with Crippen molar-refractivity contribution in [1.82, 2.24) is 0 Å². The van der Waals surface area contributed by atoms with Gasteiger partial charge in [-0.15, -0.1) is 0 Å². The van der Waals surface area contributed by atoms with Crippen LogP contribution in [0.25, 0.3) is 66.8 Å². The predicted molar refractivity (Wildman–Crippen MR) is 415 cm³/mol. The molecule has 0 aliphatic heterocycles. The van der Waals surface area contributed by atoms with Crippen LogP contribution >= 0.6 is 0 Å². The van der Waals surface area contributed by atoms with E-state index in [2.05, 4.69) is 71.0 Å². The van der Waals surface area contributed by atoms with Crippen LogP contribution in [0.15, 0.2) is 291 Å². The third-order valence-electron chi connectivity index (χ3n) is 17.4. The number of benzene rings is 13. The van der Waals surface area contributed by atoms with E-state index < -0.39 is 35.8 Å². The van der Waals surface area contributed by atoms with Gasteiger partial charge in [-0.1, -0.05) is 144 Å². The van der Waals surface area contributed by atoms with Gasteiger partial charge >= 0.3 is 35.8 Å². The van der Waals surface area contributed by atoms with Crippen LogP contribution in [-0.4, -0.2) is 66.5 Å². The summed E-state index contributed by atoms with van der Waals surface area (Å²) in [5.41, 5.74) is 17.7. The van der Waals surface area contributed by atoms with Crippen LogP contribution in [0, 0.1) is 71.0 Å². The van der Waals surface area contributed by atoms with Gasteiger partial charge in [0.25, 0.3) is 0 Å². The molecule has 12 heteroatoms. The number of aromatic carboxylic acids is 6. The molecule has 108 heavy (non-hydrogen) atoms. The van der Waals surface area contributed by atoms with E-state index in [9.17, 15) is 59.4 Å². The lowest BCUT2D eigenvalue weighted by atomic mass is 9.74. The number of carbonyl (C=O) groups is 6. The summed E-state index contributed by atoms with van der Waals surface area (Å²) in [5, 5.41) is 57.8. The summed E-state index contributed by atoms with van der Waals surface area (Å²) in [7, 11) is 0. The van der Waals surface area contributed by atoms with Crippen LogP contribution in [0.2, 0.25) is 0 Å². The summed E-state index contributed by atoms with van der Waals surface area (Å²) in [4.78, 5) is 70.6. The molecule has 0 aliphatic carbocycles. The molecule has 0 aliphatic rings. The van der Waals surface area contributed by atoms with Crippen LogP contribution in [0.3, 0.4) is 0 Å². The fraction of sp³-hybridized carbons (Fsp3) is 0. The molecule has 12 nitrogen and oxygen atoms in total. The van der Waals surface area contributed by atoms with Crippen molar-refractivity contribution in [1.29, 1.82) is 0 Å². The summed E-state index contributed by atoms with van der Waals surface area (Å²) in [5.74, 6) is 32.5. The molecule has 0 heterocycles. The van der Waals surface area contributed by atoms with Gasteiger partial charge in [-0.3, -0.25) is 0 Å². The third kappa shape index (κ3) is 16.8. The SMILES string of the molecule is O=C(O)c1ccc(C#Cc2ccc(-c3c(-c4ccc(C#Cc5ccc(C(=O)O)cc5)cc4)c(-c4ccc(C#Cc5ccc(C(=O)O)cc5)cc4)c(-c4ccc(C#Cc5ccc(C(=O)O)cc5)cc4)c(-c4ccc(C#Cc5ccc(C(=O)O)cc5)cc4)c3-c3ccc(C#Cc4ccc(C(=O)O)cc4)cc3)cc2)cc1. The molecule has 0 amide bonds. The minimum Gasteiger partial charge on any atom is -0.478 e. The monoisotopic (exact) mass is 1400 g/mol. The Kier molecular flexibility index (Phi) is 20.8. The number of carboxylic acids is 6. The fourth-order valence-electron chi connectivity index (χ4n) is 11.8. The Hall–Kier alpha value is -16.0.